The van der Waals surface area contributed by atoms with Gasteiger partial charge in [-0.25, -0.2) is 0 Å². The fraction of sp³-hybridized carbons (Fsp3) is 0.318. The van der Waals surface area contributed by atoms with Gasteiger partial charge < -0.3 is 14.1 Å². The van der Waals surface area contributed by atoms with Crippen molar-refractivity contribution < 1.29 is 13.9 Å². The number of nitrogens with zero attached hydrogens (tertiary/aromatic N) is 3. The minimum atomic E-state index is 0.0409. The van der Waals surface area contributed by atoms with Crippen molar-refractivity contribution in [2.45, 2.75) is 19.3 Å². The average Bonchev–Trinajstić information content (AvgIpc) is 3.29. The molecule has 1 aliphatic rings. The zero-order valence-electron chi connectivity index (χ0n) is 15.7. The summed E-state index contributed by atoms with van der Waals surface area (Å²) in [6, 6.07) is 17.8. The number of aromatic nitrogens is 2. The molecular weight excluding hydrogens is 354 g/mol. The number of piperidine rings is 1. The minimum absolute atomic E-state index is 0.0409. The molecule has 0 aliphatic carbocycles. The summed E-state index contributed by atoms with van der Waals surface area (Å²) >= 11 is 0. The van der Waals surface area contributed by atoms with Crippen LogP contribution in [0.25, 0.3) is 11.5 Å². The Labute approximate surface area is 164 Å². The standard InChI is InChI=1S/C22H23N3O3/c26-21(15-27-20-8-6-19(7-9-20)22-24-23-16-28-22)25-12-10-18(11-13-25)14-17-4-2-1-3-5-17/h1-9,16,18H,10-15H2. The van der Waals surface area contributed by atoms with Crippen molar-refractivity contribution in [2.75, 3.05) is 19.7 Å². The lowest BCUT2D eigenvalue weighted by molar-refractivity contribution is -0.134. The Hall–Kier alpha value is -3.15. The normalized spacial score (nSPS) is 14.8. The van der Waals surface area contributed by atoms with Crippen LogP contribution in [0.2, 0.25) is 0 Å². The Morgan fingerprint density at radius 2 is 1.82 bits per heavy atom. The summed E-state index contributed by atoms with van der Waals surface area (Å²) in [5.41, 5.74) is 2.19. The fourth-order valence-corrected chi connectivity index (χ4v) is 3.56. The molecule has 144 valence electrons. The summed E-state index contributed by atoms with van der Waals surface area (Å²) in [7, 11) is 0. The number of carbonyl (C=O) groups is 1. The Kier molecular flexibility index (Phi) is 5.66. The zero-order chi connectivity index (χ0) is 19.2. The van der Waals surface area contributed by atoms with Gasteiger partial charge in [0.05, 0.1) is 0 Å². The van der Waals surface area contributed by atoms with Crippen molar-refractivity contribution in [1.82, 2.24) is 15.1 Å². The van der Waals surface area contributed by atoms with Gasteiger partial charge >= 0.3 is 0 Å². The topological polar surface area (TPSA) is 68.5 Å². The van der Waals surface area contributed by atoms with Gasteiger partial charge in [0.2, 0.25) is 12.3 Å². The number of hydrogen-bond acceptors (Lipinski definition) is 5. The highest BCUT2D eigenvalue weighted by atomic mass is 16.5. The second-order valence-corrected chi connectivity index (χ2v) is 7.07. The van der Waals surface area contributed by atoms with E-state index in [0.29, 0.717) is 17.6 Å². The third-order valence-electron chi connectivity index (χ3n) is 5.16. The first-order chi connectivity index (χ1) is 13.8. The van der Waals surface area contributed by atoms with E-state index in [4.69, 9.17) is 9.15 Å². The van der Waals surface area contributed by atoms with Crippen LogP contribution in [-0.2, 0) is 11.2 Å². The van der Waals surface area contributed by atoms with Crippen LogP contribution < -0.4 is 4.74 Å². The summed E-state index contributed by atoms with van der Waals surface area (Å²) < 4.78 is 10.8. The number of amides is 1. The predicted molar refractivity (Wildman–Crippen MR) is 105 cm³/mol. The van der Waals surface area contributed by atoms with Gasteiger partial charge in [0.1, 0.15) is 5.75 Å². The summed E-state index contributed by atoms with van der Waals surface area (Å²) in [5, 5.41) is 7.53. The van der Waals surface area contributed by atoms with Gasteiger partial charge in [0.25, 0.3) is 5.91 Å². The molecule has 0 N–H and O–H groups in total. The molecule has 1 aromatic heterocycles. The van der Waals surface area contributed by atoms with Crippen LogP contribution in [-0.4, -0.2) is 40.7 Å². The van der Waals surface area contributed by atoms with Crippen molar-refractivity contribution in [3.63, 3.8) is 0 Å². The van der Waals surface area contributed by atoms with Gasteiger partial charge in [-0.1, -0.05) is 30.3 Å². The molecule has 6 heteroatoms. The number of hydrogen-bond donors (Lipinski definition) is 0. The Bertz CT molecular complexity index is 871. The SMILES string of the molecule is O=C(COc1ccc(-c2nnco2)cc1)N1CCC(Cc2ccccc2)CC1. The van der Waals surface area contributed by atoms with Crippen LogP contribution in [0.5, 0.6) is 5.75 Å². The van der Waals surface area contributed by atoms with Crippen LogP contribution in [0.1, 0.15) is 18.4 Å². The summed E-state index contributed by atoms with van der Waals surface area (Å²) in [5.74, 6) is 1.79. The molecule has 1 saturated heterocycles. The van der Waals surface area contributed by atoms with Crippen molar-refractivity contribution in [3.05, 3.63) is 66.6 Å². The van der Waals surface area contributed by atoms with Gasteiger partial charge in [-0.3, -0.25) is 4.79 Å². The predicted octanol–water partition coefficient (Wildman–Crippen LogP) is 3.60. The minimum Gasteiger partial charge on any atom is -0.484 e. The number of benzene rings is 2. The van der Waals surface area contributed by atoms with Crippen LogP contribution in [0.3, 0.4) is 0 Å². The van der Waals surface area contributed by atoms with E-state index in [-0.39, 0.29) is 12.5 Å². The molecule has 0 bridgehead atoms. The van der Waals surface area contributed by atoms with E-state index in [2.05, 4.69) is 34.5 Å². The zero-order valence-corrected chi connectivity index (χ0v) is 15.7. The number of ether oxygens (including phenoxy) is 1. The maximum Gasteiger partial charge on any atom is 0.260 e. The highest BCUT2D eigenvalue weighted by Crippen LogP contribution is 2.23. The molecule has 0 atom stereocenters. The van der Waals surface area contributed by atoms with E-state index < -0.39 is 0 Å². The van der Waals surface area contributed by atoms with E-state index in [0.717, 1.165) is 37.9 Å². The fourth-order valence-electron chi connectivity index (χ4n) is 3.56. The smallest absolute Gasteiger partial charge is 0.260 e. The first-order valence-corrected chi connectivity index (χ1v) is 9.59. The van der Waals surface area contributed by atoms with Gasteiger partial charge in [-0.15, -0.1) is 10.2 Å². The Morgan fingerprint density at radius 3 is 2.50 bits per heavy atom. The van der Waals surface area contributed by atoms with Crippen LogP contribution in [0.15, 0.2) is 65.4 Å². The van der Waals surface area contributed by atoms with Crippen molar-refractivity contribution in [2.24, 2.45) is 5.92 Å². The van der Waals surface area contributed by atoms with Crippen LogP contribution >= 0.6 is 0 Å². The highest BCUT2D eigenvalue weighted by Gasteiger charge is 2.23. The lowest BCUT2D eigenvalue weighted by atomic mass is 9.90. The first kappa shape index (κ1) is 18.2. The van der Waals surface area contributed by atoms with Crippen molar-refractivity contribution in [1.29, 1.82) is 0 Å². The molecule has 28 heavy (non-hydrogen) atoms. The molecule has 1 aliphatic heterocycles. The van der Waals surface area contributed by atoms with E-state index >= 15 is 0 Å². The molecule has 0 saturated carbocycles. The lowest BCUT2D eigenvalue weighted by Gasteiger charge is -2.32. The summed E-state index contributed by atoms with van der Waals surface area (Å²) in [6.07, 6.45) is 4.46. The molecule has 0 spiro atoms. The molecule has 0 unspecified atom stereocenters. The molecule has 0 radical (unpaired) electrons. The summed E-state index contributed by atoms with van der Waals surface area (Å²) in [4.78, 5) is 14.4. The van der Waals surface area contributed by atoms with Gasteiger partial charge in [-0.2, -0.15) is 0 Å². The second-order valence-electron chi connectivity index (χ2n) is 7.07. The molecule has 4 rings (SSSR count). The van der Waals surface area contributed by atoms with E-state index in [1.165, 1.54) is 12.0 Å². The largest absolute Gasteiger partial charge is 0.484 e. The molecular formula is C22H23N3O3. The number of carbonyl (C=O) groups excluding carboxylic acids is 1. The monoisotopic (exact) mass is 377 g/mol. The Balaban J connectivity index is 1.22. The molecule has 1 fully saturated rings. The quantitative estimate of drug-likeness (QED) is 0.657. The Morgan fingerprint density at radius 1 is 1.07 bits per heavy atom. The molecule has 3 aromatic rings. The highest BCUT2D eigenvalue weighted by molar-refractivity contribution is 5.77. The third-order valence-corrected chi connectivity index (χ3v) is 5.16. The molecule has 6 nitrogen and oxygen atoms in total. The maximum atomic E-state index is 12.5. The average molecular weight is 377 g/mol. The maximum absolute atomic E-state index is 12.5. The van der Waals surface area contributed by atoms with Crippen molar-refractivity contribution >= 4 is 5.91 Å². The third kappa shape index (κ3) is 4.57. The summed E-state index contributed by atoms with van der Waals surface area (Å²) in [6.45, 7) is 1.66. The molecule has 1 amide bonds. The molecule has 2 aromatic carbocycles. The van der Waals surface area contributed by atoms with Crippen LogP contribution in [0, 0.1) is 5.92 Å². The van der Waals surface area contributed by atoms with E-state index in [9.17, 15) is 4.79 Å². The first-order valence-electron chi connectivity index (χ1n) is 9.59. The number of rotatable bonds is 6. The lowest BCUT2D eigenvalue weighted by Crippen LogP contribution is -2.41. The van der Waals surface area contributed by atoms with Gasteiger partial charge in [0, 0.05) is 18.7 Å². The second kappa shape index (κ2) is 8.69. The van der Waals surface area contributed by atoms with E-state index in [1.807, 2.05) is 23.1 Å². The van der Waals surface area contributed by atoms with Gasteiger partial charge in [0.15, 0.2) is 6.61 Å². The number of likely N-dealkylation sites (tertiary alicyclic amines) is 1. The van der Waals surface area contributed by atoms with Gasteiger partial charge in [-0.05, 0) is 55.0 Å². The van der Waals surface area contributed by atoms with E-state index in [1.54, 1.807) is 12.1 Å². The molecule has 2 heterocycles. The van der Waals surface area contributed by atoms with Crippen LogP contribution in [0.4, 0.5) is 0 Å². The van der Waals surface area contributed by atoms with Crippen molar-refractivity contribution in [3.8, 4) is 17.2 Å².